The lowest BCUT2D eigenvalue weighted by molar-refractivity contribution is -0.133. The standard InChI is InChI=1S/C26H27BF2N6O2/c27-20-13-16(1-4-21(20)29)2-6-23(36)34-26(8-11-35(12-9-26)25(30)31)24(37)32-10-7-17-15-33-22-5-3-18(28)14-19(17)22/h1-6,13-15,33H,7-12H2,(H3,30,31)(H,32,37)(H,34,36)/b6-2+. The molecule has 1 aliphatic heterocycles. The van der Waals surface area contributed by atoms with Gasteiger partial charge in [-0.2, -0.15) is 0 Å². The number of carbonyl (C=O) groups is 2. The number of rotatable bonds is 7. The summed E-state index contributed by atoms with van der Waals surface area (Å²) in [6, 6.07) is 8.59. The van der Waals surface area contributed by atoms with Crippen LogP contribution in [-0.2, 0) is 16.0 Å². The first-order valence-electron chi connectivity index (χ1n) is 11.8. The van der Waals surface area contributed by atoms with Crippen molar-refractivity contribution in [3.05, 3.63) is 71.4 Å². The number of hydrogen-bond donors (Lipinski definition) is 5. The number of carbonyl (C=O) groups excluding carboxylic acids is 2. The molecule has 37 heavy (non-hydrogen) atoms. The number of nitrogens with one attached hydrogen (secondary N) is 4. The van der Waals surface area contributed by atoms with Gasteiger partial charge < -0.3 is 26.3 Å². The van der Waals surface area contributed by atoms with E-state index >= 15 is 0 Å². The molecular formula is C26H27BF2N6O2. The SMILES string of the molecule is [B]c1cc(/C=C/C(=O)NC2(C(=O)NCCc3c[nH]c4ccc(F)cc34)CCN(C(=N)N)CC2)ccc1F. The second-order valence-corrected chi connectivity index (χ2v) is 9.07. The van der Waals surface area contributed by atoms with E-state index in [9.17, 15) is 18.4 Å². The molecule has 0 saturated carbocycles. The average Bonchev–Trinajstić information content (AvgIpc) is 3.27. The van der Waals surface area contributed by atoms with Crippen molar-refractivity contribution in [2.75, 3.05) is 19.6 Å². The molecular weight excluding hydrogens is 477 g/mol. The lowest BCUT2D eigenvalue weighted by Gasteiger charge is -2.41. The normalized spacial score (nSPS) is 15.1. The number of nitrogens with zero attached hydrogens (tertiary/aromatic N) is 1. The molecule has 3 aromatic rings. The topological polar surface area (TPSA) is 127 Å². The molecule has 1 saturated heterocycles. The molecule has 2 heterocycles. The largest absolute Gasteiger partial charge is 0.370 e. The Balaban J connectivity index is 1.44. The number of H-pyrrole nitrogens is 1. The number of amides is 2. The van der Waals surface area contributed by atoms with E-state index in [2.05, 4.69) is 15.6 Å². The van der Waals surface area contributed by atoms with Crippen LogP contribution < -0.4 is 21.8 Å². The van der Waals surface area contributed by atoms with Crippen LogP contribution in [0.1, 0.15) is 24.0 Å². The molecule has 0 atom stereocenters. The number of nitrogens with two attached hydrogens (primary N) is 1. The summed E-state index contributed by atoms with van der Waals surface area (Å²) in [4.78, 5) is 30.9. The monoisotopic (exact) mass is 504 g/mol. The number of piperidine rings is 1. The van der Waals surface area contributed by atoms with E-state index in [0.717, 1.165) is 16.5 Å². The predicted octanol–water partition coefficient (Wildman–Crippen LogP) is 1.46. The summed E-state index contributed by atoms with van der Waals surface area (Å²) in [7, 11) is 5.58. The van der Waals surface area contributed by atoms with Gasteiger partial charge in [0.2, 0.25) is 11.8 Å². The van der Waals surface area contributed by atoms with E-state index in [-0.39, 0.29) is 42.5 Å². The first kappa shape index (κ1) is 25.9. The third-order valence-electron chi connectivity index (χ3n) is 6.61. The van der Waals surface area contributed by atoms with Gasteiger partial charge in [-0.3, -0.25) is 15.0 Å². The molecule has 1 fully saturated rings. The quantitative estimate of drug-likeness (QED) is 0.145. The average molecular weight is 504 g/mol. The van der Waals surface area contributed by atoms with E-state index in [4.69, 9.17) is 19.0 Å². The molecule has 0 bridgehead atoms. The van der Waals surface area contributed by atoms with Crippen molar-refractivity contribution in [2.24, 2.45) is 5.73 Å². The van der Waals surface area contributed by atoms with Crippen LogP contribution in [0.3, 0.4) is 0 Å². The van der Waals surface area contributed by atoms with E-state index < -0.39 is 17.3 Å². The Morgan fingerprint density at radius 2 is 1.95 bits per heavy atom. The van der Waals surface area contributed by atoms with Crippen LogP contribution in [0.5, 0.6) is 0 Å². The number of fused-ring (bicyclic) bond motifs is 1. The molecule has 0 aliphatic carbocycles. The van der Waals surface area contributed by atoms with Gasteiger partial charge in [-0.15, -0.1) is 0 Å². The van der Waals surface area contributed by atoms with Crippen molar-refractivity contribution in [2.45, 2.75) is 24.8 Å². The fourth-order valence-electron chi connectivity index (χ4n) is 4.49. The Bertz CT molecular complexity index is 1360. The van der Waals surface area contributed by atoms with Crippen molar-refractivity contribution >= 4 is 48.1 Å². The Labute approximate surface area is 214 Å². The third kappa shape index (κ3) is 5.99. The molecule has 1 aromatic heterocycles. The van der Waals surface area contributed by atoms with Crippen molar-refractivity contribution in [3.8, 4) is 0 Å². The molecule has 4 rings (SSSR count). The van der Waals surface area contributed by atoms with Gasteiger partial charge in [-0.1, -0.05) is 17.6 Å². The Morgan fingerprint density at radius 1 is 1.19 bits per heavy atom. The Morgan fingerprint density at radius 3 is 2.65 bits per heavy atom. The number of halogens is 2. The molecule has 2 aromatic carbocycles. The lowest BCUT2D eigenvalue weighted by atomic mass is 9.86. The van der Waals surface area contributed by atoms with Gasteiger partial charge in [0.1, 0.15) is 25.0 Å². The van der Waals surface area contributed by atoms with Gasteiger partial charge in [-0.05, 0) is 60.7 Å². The van der Waals surface area contributed by atoms with Crippen molar-refractivity contribution in [1.82, 2.24) is 20.5 Å². The van der Waals surface area contributed by atoms with Crippen molar-refractivity contribution in [1.29, 1.82) is 5.41 Å². The molecule has 2 amide bonds. The van der Waals surface area contributed by atoms with Crippen LogP contribution in [0.15, 0.2) is 48.7 Å². The highest BCUT2D eigenvalue weighted by molar-refractivity contribution is 6.32. The zero-order valence-electron chi connectivity index (χ0n) is 20.1. The number of aromatic amines is 1. The summed E-state index contributed by atoms with van der Waals surface area (Å²) in [5.74, 6) is -1.84. The highest BCUT2D eigenvalue weighted by atomic mass is 19.1. The van der Waals surface area contributed by atoms with E-state index in [0.29, 0.717) is 25.1 Å². The van der Waals surface area contributed by atoms with Crippen LogP contribution in [0.2, 0.25) is 0 Å². The fourth-order valence-corrected chi connectivity index (χ4v) is 4.49. The molecule has 190 valence electrons. The minimum Gasteiger partial charge on any atom is -0.370 e. The van der Waals surface area contributed by atoms with Gasteiger partial charge in [-0.25, -0.2) is 8.78 Å². The van der Waals surface area contributed by atoms with Gasteiger partial charge in [0.25, 0.3) is 0 Å². The first-order valence-corrected chi connectivity index (χ1v) is 11.8. The Kier molecular flexibility index (Phi) is 7.61. The summed E-state index contributed by atoms with van der Waals surface area (Å²) < 4.78 is 27.1. The summed E-state index contributed by atoms with van der Waals surface area (Å²) in [6.07, 6.45) is 5.49. The van der Waals surface area contributed by atoms with Gasteiger partial charge in [0.15, 0.2) is 5.96 Å². The molecule has 11 heteroatoms. The van der Waals surface area contributed by atoms with Crippen LogP contribution in [-0.4, -0.2) is 60.7 Å². The second-order valence-electron chi connectivity index (χ2n) is 9.07. The van der Waals surface area contributed by atoms with Crippen molar-refractivity contribution < 1.29 is 18.4 Å². The highest BCUT2D eigenvalue weighted by Gasteiger charge is 2.42. The molecule has 2 radical (unpaired) electrons. The second kappa shape index (κ2) is 10.9. The minimum atomic E-state index is -1.21. The van der Waals surface area contributed by atoms with Crippen LogP contribution in [0.4, 0.5) is 8.78 Å². The number of likely N-dealkylation sites (tertiary alicyclic amines) is 1. The van der Waals surface area contributed by atoms with Gasteiger partial charge in [0.05, 0.1) is 0 Å². The number of benzene rings is 2. The summed E-state index contributed by atoms with van der Waals surface area (Å²) >= 11 is 0. The molecule has 8 nitrogen and oxygen atoms in total. The molecule has 1 aliphatic rings. The van der Waals surface area contributed by atoms with Crippen LogP contribution >= 0.6 is 0 Å². The maximum absolute atomic E-state index is 13.7. The van der Waals surface area contributed by atoms with Gasteiger partial charge >= 0.3 is 0 Å². The number of guanidine groups is 1. The molecule has 0 unspecified atom stereocenters. The molecule has 6 N–H and O–H groups in total. The Hall–Kier alpha value is -4.15. The van der Waals surface area contributed by atoms with Gasteiger partial charge in [0, 0.05) is 42.8 Å². The predicted molar refractivity (Wildman–Crippen MR) is 139 cm³/mol. The maximum Gasteiger partial charge on any atom is 0.245 e. The summed E-state index contributed by atoms with van der Waals surface area (Å²) in [5, 5.41) is 14.2. The van der Waals surface area contributed by atoms with Crippen molar-refractivity contribution in [3.63, 3.8) is 0 Å². The zero-order chi connectivity index (χ0) is 26.6. The first-order chi connectivity index (χ1) is 17.7. The minimum absolute atomic E-state index is 0.0343. The smallest absolute Gasteiger partial charge is 0.245 e. The fraction of sp³-hybridized carbons (Fsp3) is 0.269. The van der Waals surface area contributed by atoms with Crippen LogP contribution in [0.25, 0.3) is 17.0 Å². The van der Waals surface area contributed by atoms with E-state index in [1.54, 1.807) is 17.2 Å². The highest BCUT2D eigenvalue weighted by Crippen LogP contribution is 2.24. The summed E-state index contributed by atoms with van der Waals surface area (Å²) in [5.41, 5.74) is 6.56. The van der Waals surface area contributed by atoms with E-state index in [1.165, 1.54) is 42.5 Å². The number of hydrogen-bond acceptors (Lipinski definition) is 3. The maximum atomic E-state index is 13.7. The van der Waals surface area contributed by atoms with E-state index in [1.807, 2.05) is 0 Å². The van der Waals surface area contributed by atoms with Crippen LogP contribution in [0, 0.1) is 17.0 Å². The lowest BCUT2D eigenvalue weighted by Crippen LogP contribution is -2.64. The third-order valence-corrected chi connectivity index (χ3v) is 6.61. The molecule has 0 spiro atoms. The number of aromatic nitrogens is 1. The summed E-state index contributed by atoms with van der Waals surface area (Å²) in [6.45, 7) is 0.924. The zero-order valence-corrected chi connectivity index (χ0v) is 20.1.